The van der Waals surface area contributed by atoms with Crippen molar-refractivity contribution in [3.05, 3.63) is 117 Å². The first-order valence-corrected chi connectivity index (χ1v) is 6.15. The summed E-state index contributed by atoms with van der Waals surface area (Å²) in [5.41, 5.74) is 0. The van der Waals surface area contributed by atoms with Crippen LogP contribution in [-0.2, 0) is 0 Å². The molecule has 0 aromatic heterocycles. The van der Waals surface area contributed by atoms with E-state index >= 15 is 0 Å². The van der Waals surface area contributed by atoms with Gasteiger partial charge in [0.2, 0.25) is 0 Å². The third-order valence-electron chi connectivity index (χ3n) is 1.83. The molecule has 0 nitrogen and oxygen atoms in total. The molecule has 0 N–H and O–H groups in total. The molecule has 0 fully saturated rings. The maximum atomic E-state index is 3.59. The van der Waals surface area contributed by atoms with Gasteiger partial charge in [-0.05, 0) is 6.92 Å². The van der Waals surface area contributed by atoms with Gasteiger partial charge in [-0.15, -0.1) is 0 Å². The van der Waals surface area contributed by atoms with E-state index in [-0.39, 0.29) is 0 Å². The van der Waals surface area contributed by atoms with Gasteiger partial charge in [0.1, 0.15) is 0 Å². The predicted molar refractivity (Wildman–Crippen MR) is 88.7 cm³/mol. The summed E-state index contributed by atoms with van der Waals surface area (Å²) in [5.74, 6) is 0. The van der Waals surface area contributed by atoms with Crippen molar-refractivity contribution in [1.29, 1.82) is 0 Å². The second-order valence-electron chi connectivity index (χ2n) is 3.36. The van der Waals surface area contributed by atoms with Crippen LogP contribution >= 0.6 is 0 Å². The van der Waals surface area contributed by atoms with Crippen molar-refractivity contribution < 1.29 is 0 Å². The fourth-order valence-corrected chi connectivity index (χ4v) is 0.991. The lowest BCUT2D eigenvalue weighted by Gasteiger charge is -1.75. The average molecular weight is 249 g/mol. The van der Waals surface area contributed by atoms with Crippen LogP contribution in [0.5, 0.6) is 0 Å². The van der Waals surface area contributed by atoms with Crippen LogP contribution in [0.1, 0.15) is 0 Å². The molecule has 0 heterocycles. The van der Waals surface area contributed by atoms with E-state index in [0.717, 1.165) is 0 Å². The molecule has 0 aliphatic carbocycles. The van der Waals surface area contributed by atoms with Crippen LogP contribution in [-0.4, -0.2) is 0 Å². The van der Waals surface area contributed by atoms with Crippen molar-refractivity contribution in [3.8, 4) is 0 Å². The molecule has 0 aliphatic rings. The molecule has 0 aromatic carbocycles. The Kier molecular flexibility index (Phi) is 13.7. The first-order valence-electron chi connectivity index (χ1n) is 6.15. The van der Waals surface area contributed by atoms with E-state index in [4.69, 9.17) is 0 Å². The fraction of sp³-hybridized carbons (Fsp3) is 0. The summed E-state index contributed by atoms with van der Waals surface area (Å²) in [4.78, 5) is 0. The Bertz CT molecular complexity index is 433. The number of hydrogen-bond donors (Lipinski definition) is 0. The van der Waals surface area contributed by atoms with E-state index < -0.39 is 0 Å². The molecule has 0 aromatic rings. The monoisotopic (exact) mass is 249 g/mol. The largest absolute Gasteiger partial charge is 0.0991 e. The Morgan fingerprint density at radius 3 is 0.895 bits per heavy atom. The van der Waals surface area contributed by atoms with E-state index in [1.54, 1.807) is 12.2 Å². The minimum absolute atomic E-state index is 1.75. The molecule has 0 rings (SSSR count). The van der Waals surface area contributed by atoms with Crippen molar-refractivity contribution in [2.75, 3.05) is 0 Å². The zero-order chi connectivity index (χ0) is 14.0. The van der Waals surface area contributed by atoms with Gasteiger partial charge in [0.25, 0.3) is 0 Å². The normalized spacial score (nSPS) is 14.2. The first-order chi connectivity index (χ1) is 9.41. The fourth-order valence-electron chi connectivity index (χ4n) is 0.991. The Morgan fingerprint density at radius 2 is 0.632 bits per heavy atom. The summed E-state index contributed by atoms with van der Waals surface area (Å²) in [6.45, 7) is 7.18. The number of rotatable bonds is 8. The zero-order valence-electron chi connectivity index (χ0n) is 11.2. The van der Waals surface area contributed by atoms with Gasteiger partial charge in [0, 0.05) is 0 Å². The lowest BCUT2D eigenvalue weighted by Crippen LogP contribution is -1.53. The van der Waals surface area contributed by atoms with Crippen molar-refractivity contribution in [1.82, 2.24) is 0 Å². The quantitative estimate of drug-likeness (QED) is 0.501. The molecule has 0 bridgehead atoms. The third-order valence-corrected chi connectivity index (χ3v) is 1.83. The highest BCUT2D eigenvalue weighted by Crippen LogP contribution is 1.85. The van der Waals surface area contributed by atoms with Gasteiger partial charge in [-0.25, -0.2) is 0 Å². The van der Waals surface area contributed by atoms with E-state index in [2.05, 4.69) is 13.5 Å². The molecule has 0 heteroatoms. The third kappa shape index (κ3) is 15.7. The summed E-state index contributed by atoms with van der Waals surface area (Å²) < 4.78 is 0. The summed E-state index contributed by atoms with van der Waals surface area (Å²) >= 11 is 0. The second kappa shape index (κ2) is 15.7. The van der Waals surface area contributed by atoms with Crippen LogP contribution < -0.4 is 0 Å². The Balaban J connectivity index is 3.84. The van der Waals surface area contributed by atoms with Gasteiger partial charge in [0.05, 0.1) is 0 Å². The molecule has 0 saturated heterocycles. The van der Waals surface area contributed by atoms with Crippen molar-refractivity contribution in [2.45, 2.75) is 0 Å². The van der Waals surface area contributed by atoms with Crippen LogP contribution in [0.2, 0.25) is 0 Å². The molecule has 0 spiro atoms. The van der Waals surface area contributed by atoms with Crippen LogP contribution in [0.3, 0.4) is 0 Å². The number of allylic oxidation sites excluding steroid dienone is 17. The Labute approximate surface area is 117 Å². The highest BCUT2D eigenvalue weighted by Gasteiger charge is 1.64. The van der Waals surface area contributed by atoms with Gasteiger partial charge in [-0.1, -0.05) is 110 Å². The maximum Gasteiger partial charge on any atom is -0.0313 e. The molecule has 0 atom stereocenters. The number of hydrogen-bond acceptors (Lipinski definition) is 0. The summed E-state index contributed by atoms with van der Waals surface area (Å²) in [6.07, 6.45) is 32.8. The smallest absolute Gasteiger partial charge is 0.0313 e. The summed E-state index contributed by atoms with van der Waals surface area (Å²) in [6, 6.07) is 0. The molecule has 0 saturated carbocycles. The molecular formula is C19H21. The van der Waals surface area contributed by atoms with Crippen LogP contribution in [0.15, 0.2) is 110 Å². The Hall–Kier alpha value is -2.34. The predicted octanol–water partition coefficient (Wildman–Crippen LogP) is 5.46. The van der Waals surface area contributed by atoms with Crippen LogP contribution in [0.25, 0.3) is 0 Å². The molecular weight excluding hydrogens is 228 g/mol. The summed E-state index contributed by atoms with van der Waals surface area (Å²) in [7, 11) is 0. The van der Waals surface area contributed by atoms with Gasteiger partial charge in [0.15, 0.2) is 0 Å². The molecule has 19 heavy (non-hydrogen) atoms. The average Bonchev–Trinajstić information content (AvgIpc) is 2.43. The van der Waals surface area contributed by atoms with Gasteiger partial charge >= 0.3 is 0 Å². The molecule has 0 amide bonds. The molecule has 0 unspecified atom stereocenters. The lowest BCUT2D eigenvalue weighted by atomic mass is 10.3. The van der Waals surface area contributed by atoms with Crippen molar-refractivity contribution >= 4 is 0 Å². The maximum absolute atomic E-state index is 3.59. The van der Waals surface area contributed by atoms with Crippen molar-refractivity contribution in [2.24, 2.45) is 0 Å². The minimum Gasteiger partial charge on any atom is -0.0991 e. The summed E-state index contributed by atoms with van der Waals surface area (Å²) in [5, 5.41) is 0. The van der Waals surface area contributed by atoms with E-state index in [9.17, 15) is 0 Å². The SMILES string of the molecule is [CH2]/C=C/C=C/C=C/C=C/C=C/C=C/C=C/C=C/C=C. The topological polar surface area (TPSA) is 0 Å². The second-order valence-corrected chi connectivity index (χ2v) is 3.36. The van der Waals surface area contributed by atoms with E-state index in [1.807, 2.05) is 91.1 Å². The lowest BCUT2D eigenvalue weighted by molar-refractivity contribution is 1.83. The van der Waals surface area contributed by atoms with Gasteiger partial charge in [-0.2, -0.15) is 0 Å². The highest BCUT2D eigenvalue weighted by atomic mass is 13.7. The minimum atomic E-state index is 1.75. The van der Waals surface area contributed by atoms with Crippen LogP contribution in [0.4, 0.5) is 0 Å². The standard InChI is InChI=1S/C19H21/c1-3-5-7-9-11-13-15-17-19-18-16-14-12-10-8-6-4-2/h3-19H,1-2H2/b5-3+,8-6+,9-7+,12-10+,13-11+,16-14+,17-15+,19-18+. The molecule has 97 valence electrons. The van der Waals surface area contributed by atoms with E-state index in [1.165, 1.54) is 0 Å². The molecule has 1 radical (unpaired) electrons. The Morgan fingerprint density at radius 1 is 0.368 bits per heavy atom. The van der Waals surface area contributed by atoms with E-state index in [0.29, 0.717) is 0 Å². The zero-order valence-corrected chi connectivity index (χ0v) is 11.2. The van der Waals surface area contributed by atoms with Crippen LogP contribution in [0, 0.1) is 6.92 Å². The first kappa shape index (κ1) is 16.7. The van der Waals surface area contributed by atoms with Gasteiger partial charge < -0.3 is 0 Å². The van der Waals surface area contributed by atoms with Crippen molar-refractivity contribution in [3.63, 3.8) is 0 Å². The van der Waals surface area contributed by atoms with Gasteiger partial charge in [-0.3, -0.25) is 0 Å². The highest BCUT2D eigenvalue weighted by molar-refractivity contribution is 5.21. The molecule has 0 aliphatic heterocycles.